The van der Waals surface area contributed by atoms with E-state index in [1.807, 2.05) is 31.2 Å². The molecule has 0 saturated heterocycles. The fraction of sp³-hybridized carbons (Fsp3) is 0.133. The van der Waals surface area contributed by atoms with Gasteiger partial charge in [-0.05, 0) is 24.6 Å². The molecule has 0 atom stereocenters. The lowest BCUT2D eigenvalue weighted by Crippen LogP contribution is -2.14. The first kappa shape index (κ1) is 13.6. The minimum absolute atomic E-state index is 0.0612. The molecule has 0 unspecified atom stereocenters. The second-order valence-electron chi connectivity index (χ2n) is 4.56. The Bertz CT molecular complexity index is 795. The number of rotatable bonds is 4. The van der Waals surface area contributed by atoms with Gasteiger partial charge in [-0.15, -0.1) is 0 Å². The van der Waals surface area contributed by atoms with E-state index in [0.717, 1.165) is 16.9 Å². The molecule has 0 fully saturated rings. The molecule has 5 nitrogen and oxygen atoms in total. The van der Waals surface area contributed by atoms with E-state index >= 15 is 0 Å². The summed E-state index contributed by atoms with van der Waals surface area (Å²) in [6, 6.07) is 11.2. The number of hydrogen-bond acceptors (Lipinski definition) is 4. The van der Waals surface area contributed by atoms with Crippen molar-refractivity contribution in [1.29, 1.82) is 0 Å². The standard InChI is InChI=1S/C15H14N4OS/c1-11-5-2-3-6-13(11)19-14(20)9-12(18-19)10-21-15-16-7-4-8-17-15/h2-9,18H,10H2,1H3. The smallest absolute Gasteiger partial charge is 0.271 e. The maximum absolute atomic E-state index is 12.1. The lowest BCUT2D eigenvalue weighted by atomic mass is 10.2. The maximum atomic E-state index is 12.1. The summed E-state index contributed by atoms with van der Waals surface area (Å²) in [5, 5.41) is 3.83. The van der Waals surface area contributed by atoms with E-state index in [-0.39, 0.29) is 5.56 Å². The zero-order valence-electron chi connectivity index (χ0n) is 11.5. The fourth-order valence-corrected chi connectivity index (χ4v) is 2.72. The molecule has 0 radical (unpaired) electrons. The van der Waals surface area contributed by atoms with Gasteiger partial charge in [-0.1, -0.05) is 30.0 Å². The maximum Gasteiger partial charge on any atom is 0.271 e. The zero-order chi connectivity index (χ0) is 14.7. The molecule has 3 aromatic rings. The van der Waals surface area contributed by atoms with Gasteiger partial charge < -0.3 is 0 Å². The number of thioether (sulfide) groups is 1. The number of aromatic amines is 1. The molecule has 0 bridgehead atoms. The summed E-state index contributed by atoms with van der Waals surface area (Å²) in [6.07, 6.45) is 3.41. The van der Waals surface area contributed by atoms with Crippen molar-refractivity contribution in [2.75, 3.05) is 0 Å². The van der Waals surface area contributed by atoms with Gasteiger partial charge in [-0.2, -0.15) is 0 Å². The molecule has 0 aliphatic rings. The Morgan fingerprint density at radius 2 is 1.95 bits per heavy atom. The summed E-state index contributed by atoms with van der Waals surface area (Å²) < 4.78 is 1.57. The fourth-order valence-electron chi connectivity index (χ4n) is 2.01. The van der Waals surface area contributed by atoms with E-state index in [4.69, 9.17) is 0 Å². The van der Waals surface area contributed by atoms with Crippen molar-refractivity contribution in [2.45, 2.75) is 17.8 Å². The second-order valence-corrected chi connectivity index (χ2v) is 5.50. The van der Waals surface area contributed by atoms with Crippen LogP contribution in [-0.4, -0.2) is 19.7 Å². The Kier molecular flexibility index (Phi) is 3.87. The predicted molar refractivity (Wildman–Crippen MR) is 82.7 cm³/mol. The molecule has 21 heavy (non-hydrogen) atoms. The van der Waals surface area contributed by atoms with Crippen LogP contribution in [0.25, 0.3) is 5.69 Å². The Hall–Kier alpha value is -2.34. The molecule has 1 aromatic carbocycles. The largest absolute Gasteiger partial charge is 0.294 e. The van der Waals surface area contributed by atoms with E-state index < -0.39 is 0 Å². The van der Waals surface area contributed by atoms with Crippen molar-refractivity contribution in [3.63, 3.8) is 0 Å². The van der Waals surface area contributed by atoms with Gasteiger partial charge >= 0.3 is 0 Å². The summed E-state index contributed by atoms with van der Waals surface area (Å²) in [5.41, 5.74) is 2.70. The van der Waals surface area contributed by atoms with Crippen LogP contribution in [0.3, 0.4) is 0 Å². The van der Waals surface area contributed by atoms with E-state index in [1.165, 1.54) is 11.8 Å². The number of H-pyrrole nitrogens is 1. The summed E-state index contributed by atoms with van der Waals surface area (Å²) in [5.74, 6) is 0.623. The van der Waals surface area contributed by atoms with Crippen molar-refractivity contribution < 1.29 is 0 Å². The number of nitrogens with one attached hydrogen (secondary N) is 1. The molecule has 0 saturated carbocycles. The average Bonchev–Trinajstić information content (AvgIpc) is 2.88. The van der Waals surface area contributed by atoms with Crippen LogP contribution in [0, 0.1) is 6.92 Å². The van der Waals surface area contributed by atoms with E-state index in [0.29, 0.717) is 10.9 Å². The molecule has 2 aromatic heterocycles. The third-order valence-electron chi connectivity index (χ3n) is 3.03. The van der Waals surface area contributed by atoms with E-state index in [1.54, 1.807) is 29.2 Å². The van der Waals surface area contributed by atoms with Gasteiger partial charge in [0.25, 0.3) is 5.56 Å². The monoisotopic (exact) mass is 298 g/mol. The molecule has 0 amide bonds. The van der Waals surface area contributed by atoms with E-state index in [2.05, 4.69) is 15.1 Å². The van der Waals surface area contributed by atoms with Crippen LogP contribution in [0.15, 0.2) is 58.7 Å². The number of hydrogen-bond donors (Lipinski definition) is 1. The van der Waals surface area contributed by atoms with Crippen LogP contribution >= 0.6 is 11.8 Å². The molecule has 0 aliphatic carbocycles. The molecule has 1 N–H and O–H groups in total. The zero-order valence-corrected chi connectivity index (χ0v) is 12.3. The molecule has 106 valence electrons. The topological polar surface area (TPSA) is 63.6 Å². The molecule has 2 heterocycles. The van der Waals surface area contributed by atoms with Gasteiger partial charge in [0.05, 0.1) is 5.69 Å². The average molecular weight is 298 g/mol. The third-order valence-corrected chi connectivity index (χ3v) is 3.95. The molecule has 0 spiro atoms. The Labute approximate surface area is 126 Å². The first-order valence-corrected chi connectivity index (χ1v) is 7.49. The highest BCUT2D eigenvalue weighted by atomic mass is 32.2. The van der Waals surface area contributed by atoms with Crippen molar-refractivity contribution in [3.05, 3.63) is 70.4 Å². The Balaban J connectivity index is 1.82. The lowest BCUT2D eigenvalue weighted by molar-refractivity contribution is 0.826. The molecule has 6 heteroatoms. The third kappa shape index (κ3) is 3.05. The number of nitrogens with zero attached hydrogens (tertiary/aromatic N) is 3. The Morgan fingerprint density at radius 1 is 1.19 bits per heavy atom. The van der Waals surface area contributed by atoms with Crippen molar-refractivity contribution >= 4 is 11.8 Å². The normalized spacial score (nSPS) is 10.7. The minimum Gasteiger partial charge on any atom is -0.294 e. The molecule has 3 rings (SSSR count). The molecular weight excluding hydrogens is 284 g/mol. The van der Waals surface area contributed by atoms with Crippen LogP contribution < -0.4 is 5.56 Å². The first-order chi connectivity index (χ1) is 10.2. The minimum atomic E-state index is -0.0612. The van der Waals surface area contributed by atoms with E-state index in [9.17, 15) is 4.79 Å². The number of para-hydroxylation sites is 1. The number of aryl methyl sites for hydroxylation is 1. The quantitative estimate of drug-likeness (QED) is 0.594. The highest BCUT2D eigenvalue weighted by Gasteiger charge is 2.08. The summed E-state index contributed by atoms with van der Waals surface area (Å²) in [7, 11) is 0. The van der Waals surface area contributed by atoms with Crippen molar-refractivity contribution in [3.8, 4) is 5.69 Å². The summed E-state index contributed by atoms with van der Waals surface area (Å²) in [6.45, 7) is 1.98. The molecular formula is C15H14N4OS. The van der Waals surface area contributed by atoms with Gasteiger partial charge in [-0.3, -0.25) is 9.89 Å². The number of benzene rings is 1. The van der Waals surface area contributed by atoms with Gasteiger partial charge in [0.15, 0.2) is 5.16 Å². The first-order valence-electron chi connectivity index (χ1n) is 6.51. The van der Waals surface area contributed by atoms with Crippen LogP contribution in [0.1, 0.15) is 11.3 Å². The lowest BCUT2D eigenvalue weighted by Gasteiger charge is -2.05. The summed E-state index contributed by atoms with van der Waals surface area (Å²) >= 11 is 1.49. The van der Waals surface area contributed by atoms with Gasteiger partial charge in [0.1, 0.15) is 0 Å². The van der Waals surface area contributed by atoms with Gasteiger partial charge in [0.2, 0.25) is 0 Å². The number of aromatic nitrogens is 4. The van der Waals surface area contributed by atoms with Crippen molar-refractivity contribution in [2.24, 2.45) is 0 Å². The van der Waals surface area contributed by atoms with Gasteiger partial charge in [-0.25, -0.2) is 14.6 Å². The van der Waals surface area contributed by atoms with Crippen LogP contribution in [0.4, 0.5) is 0 Å². The summed E-state index contributed by atoms with van der Waals surface area (Å²) in [4.78, 5) is 20.4. The second kappa shape index (κ2) is 5.97. The van der Waals surface area contributed by atoms with Gasteiger partial charge in [0, 0.05) is 29.9 Å². The Morgan fingerprint density at radius 3 is 2.71 bits per heavy atom. The highest BCUT2D eigenvalue weighted by Crippen LogP contribution is 2.17. The molecule has 0 aliphatic heterocycles. The highest BCUT2D eigenvalue weighted by molar-refractivity contribution is 7.98. The van der Waals surface area contributed by atoms with Crippen molar-refractivity contribution in [1.82, 2.24) is 19.7 Å². The predicted octanol–water partition coefficient (Wildman–Crippen LogP) is 2.56. The van der Waals surface area contributed by atoms with Crippen LogP contribution in [-0.2, 0) is 5.75 Å². The van der Waals surface area contributed by atoms with Crippen LogP contribution in [0.2, 0.25) is 0 Å². The SMILES string of the molecule is Cc1ccccc1-n1[nH]c(CSc2ncccn2)cc1=O. The van der Waals surface area contributed by atoms with Crippen LogP contribution in [0.5, 0.6) is 0 Å².